The predicted molar refractivity (Wildman–Crippen MR) is 83.3 cm³/mol. The Morgan fingerprint density at radius 2 is 2.29 bits per heavy atom. The summed E-state index contributed by atoms with van der Waals surface area (Å²) in [6.45, 7) is 0.197. The maximum Gasteiger partial charge on any atom is 0.240 e. The highest BCUT2D eigenvalue weighted by Gasteiger charge is 2.12. The number of benzene rings is 1. The van der Waals surface area contributed by atoms with Crippen molar-refractivity contribution in [2.24, 2.45) is 0 Å². The molecule has 0 saturated heterocycles. The molecule has 1 heterocycles. The smallest absolute Gasteiger partial charge is 0.240 e. The fourth-order valence-corrected chi connectivity index (χ4v) is 2.55. The molecule has 1 aromatic heterocycles. The Balaban J connectivity index is 2.03. The molecule has 0 spiro atoms. The number of halogens is 2. The van der Waals surface area contributed by atoms with Crippen LogP contribution in [0.25, 0.3) is 10.6 Å². The third-order valence-electron chi connectivity index (χ3n) is 2.37. The number of amides is 1. The first-order valence-electron chi connectivity index (χ1n) is 5.83. The van der Waals surface area contributed by atoms with Crippen molar-refractivity contribution in [1.82, 2.24) is 15.5 Å². The van der Waals surface area contributed by atoms with Gasteiger partial charge in [0.15, 0.2) is 5.01 Å². The van der Waals surface area contributed by atoms with Crippen LogP contribution in [0.2, 0.25) is 0 Å². The van der Waals surface area contributed by atoms with Crippen LogP contribution in [0.3, 0.4) is 0 Å². The van der Waals surface area contributed by atoms with Gasteiger partial charge in [-0.1, -0.05) is 33.2 Å². The zero-order chi connectivity index (χ0) is 15.2. The van der Waals surface area contributed by atoms with E-state index in [1.807, 2.05) is 0 Å². The Kier molecular flexibility index (Phi) is 5.25. The summed E-state index contributed by atoms with van der Waals surface area (Å²) in [4.78, 5) is 11.4. The molecule has 1 aromatic carbocycles. The van der Waals surface area contributed by atoms with E-state index in [0.717, 1.165) is 15.8 Å². The molecule has 0 fully saturated rings. The first kappa shape index (κ1) is 15.4. The van der Waals surface area contributed by atoms with Gasteiger partial charge in [0, 0.05) is 10.0 Å². The van der Waals surface area contributed by atoms with Crippen LogP contribution in [-0.4, -0.2) is 29.2 Å². The Morgan fingerprint density at radius 3 is 3.05 bits per heavy atom. The molecule has 0 aliphatic carbocycles. The third kappa shape index (κ3) is 4.24. The predicted octanol–water partition coefficient (Wildman–Crippen LogP) is 2.27. The van der Waals surface area contributed by atoms with Crippen molar-refractivity contribution in [2.75, 3.05) is 18.4 Å². The summed E-state index contributed by atoms with van der Waals surface area (Å²) < 4.78 is 14.5. The highest BCUT2D eigenvalue weighted by atomic mass is 79.9. The van der Waals surface area contributed by atoms with Crippen molar-refractivity contribution in [3.8, 4) is 22.9 Å². The second-order valence-electron chi connectivity index (χ2n) is 3.87. The lowest BCUT2D eigenvalue weighted by Crippen LogP contribution is -2.29. The van der Waals surface area contributed by atoms with E-state index in [9.17, 15) is 9.18 Å². The van der Waals surface area contributed by atoms with Crippen LogP contribution in [0.15, 0.2) is 22.7 Å². The minimum atomic E-state index is -0.382. The molecule has 0 aliphatic rings. The fourth-order valence-electron chi connectivity index (χ4n) is 1.43. The number of nitrogens with one attached hydrogen (secondary N) is 2. The monoisotopic (exact) mass is 368 g/mol. The van der Waals surface area contributed by atoms with Crippen molar-refractivity contribution >= 4 is 38.3 Å². The van der Waals surface area contributed by atoms with Crippen molar-refractivity contribution in [2.45, 2.75) is 0 Å². The molecule has 0 bridgehead atoms. The maximum atomic E-state index is 13.7. The van der Waals surface area contributed by atoms with Crippen LogP contribution in [0, 0.1) is 18.2 Å². The van der Waals surface area contributed by atoms with Crippen LogP contribution in [-0.2, 0) is 4.79 Å². The first-order chi connectivity index (χ1) is 10.1. The molecular formula is C13H10BrFN4OS. The van der Waals surface area contributed by atoms with Gasteiger partial charge in [-0.05, 0) is 18.2 Å². The molecule has 108 valence electrons. The number of aromatic nitrogens is 2. The lowest BCUT2D eigenvalue weighted by molar-refractivity contribution is -0.119. The lowest BCUT2D eigenvalue weighted by Gasteiger charge is -2.01. The van der Waals surface area contributed by atoms with Crippen molar-refractivity contribution in [3.63, 3.8) is 0 Å². The molecule has 0 atom stereocenters. The molecule has 0 radical (unpaired) electrons. The molecular weight excluding hydrogens is 359 g/mol. The lowest BCUT2D eigenvalue weighted by atomic mass is 10.2. The van der Waals surface area contributed by atoms with Crippen molar-refractivity contribution < 1.29 is 9.18 Å². The van der Waals surface area contributed by atoms with E-state index in [1.165, 1.54) is 6.07 Å². The van der Waals surface area contributed by atoms with E-state index in [-0.39, 0.29) is 24.8 Å². The Bertz CT molecular complexity index is 698. The minimum Gasteiger partial charge on any atom is -0.351 e. The fraction of sp³-hybridized carbons (Fsp3) is 0.154. The van der Waals surface area contributed by atoms with E-state index in [0.29, 0.717) is 15.7 Å². The Hall–Kier alpha value is -1.98. The summed E-state index contributed by atoms with van der Waals surface area (Å²) in [5, 5.41) is 14.0. The molecule has 1 amide bonds. The molecule has 2 aromatic rings. The first-order valence-corrected chi connectivity index (χ1v) is 7.44. The summed E-state index contributed by atoms with van der Waals surface area (Å²) in [6.07, 6.45) is 5.03. The van der Waals surface area contributed by atoms with Crippen LogP contribution in [0.4, 0.5) is 9.52 Å². The van der Waals surface area contributed by atoms with Crippen LogP contribution >= 0.6 is 27.3 Å². The highest BCUT2D eigenvalue weighted by Crippen LogP contribution is 2.30. The summed E-state index contributed by atoms with van der Waals surface area (Å²) in [6, 6.07) is 4.58. The average Bonchev–Trinajstić information content (AvgIpc) is 2.94. The number of anilines is 1. The molecule has 0 saturated carbocycles. The molecule has 2 rings (SSSR count). The van der Waals surface area contributed by atoms with Crippen LogP contribution in [0.1, 0.15) is 0 Å². The SMILES string of the molecule is C#CCNC(=O)CNc1nnc(-c2cc(Br)ccc2F)s1. The standard InChI is InChI=1S/C13H10BrFN4OS/c1-2-5-16-11(20)7-17-13-19-18-12(21-13)9-6-8(14)3-4-10(9)15/h1,3-4,6H,5,7H2,(H,16,20)(H,17,19). The van der Waals surface area contributed by atoms with E-state index in [2.05, 4.69) is 42.7 Å². The van der Waals surface area contributed by atoms with Crippen LogP contribution < -0.4 is 10.6 Å². The normalized spacial score (nSPS) is 9.95. The number of carbonyl (C=O) groups is 1. The van der Waals surface area contributed by atoms with Gasteiger partial charge in [0.05, 0.1) is 13.1 Å². The molecule has 2 N–H and O–H groups in total. The van der Waals surface area contributed by atoms with Crippen molar-refractivity contribution in [3.05, 3.63) is 28.5 Å². The van der Waals surface area contributed by atoms with Crippen molar-refractivity contribution in [1.29, 1.82) is 0 Å². The zero-order valence-corrected chi connectivity index (χ0v) is 13.1. The number of hydrogen-bond acceptors (Lipinski definition) is 5. The molecule has 8 heteroatoms. The average molecular weight is 369 g/mol. The number of hydrogen-bond donors (Lipinski definition) is 2. The van der Waals surface area contributed by atoms with E-state index < -0.39 is 0 Å². The number of rotatable bonds is 5. The summed E-state index contributed by atoms with van der Waals surface area (Å²) in [5.41, 5.74) is 0.353. The van der Waals surface area contributed by atoms with Gasteiger partial charge in [0.25, 0.3) is 0 Å². The largest absolute Gasteiger partial charge is 0.351 e. The van der Waals surface area contributed by atoms with Gasteiger partial charge in [-0.25, -0.2) is 4.39 Å². The van der Waals surface area contributed by atoms with Gasteiger partial charge in [-0.3, -0.25) is 4.79 Å². The summed E-state index contributed by atoms with van der Waals surface area (Å²) >= 11 is 4.44. The number of carbonyl (C=O) groups excluding carboxylic acids is 1. The number of terminal acetylenes is 1. The Morgan fingerprint density at radius 1 is 1.48 bits per heavy atom. The topological polar surface area (TPSA) is 66.9 Å². The third-order valence-corrected chi connectivity index (χ3v) is 3.78. The van der Waals surface area contributed by atoms with E-state index in [1.54, 1.807) is 12.1 Å². The molecule has 0 aliphatic heterocycles. The van der Waals surface area contributed by atoms with Gasteiger partial charge >= 0.3 is 0 Å². The van der Waals surface area contributed by atoms with Gasteiger partial charge in [-0.2, -0.15) is 0 Å². The van der Waals surface area contributed by atoms with E-state index >= 15 is 0 Å². The molecule has 0 unspecified atom stereocenters. The van der Waals surface area contributed by atoms with Crippen LogP contribution in [0.5, 0.6) is 0 Å². The zero-order valence-electron chi connectivity index (χ0n) is 10.7. The second kappa shape index (κ2) is 7.15. The summed E-state index contributed by atoms with van der Waals surface area (Å²) in [5.74, 6) is 1.67. The summed E-state index contributed by atoms with van der Waals surface area (Å²) in [7, 11) is 0. The molecule has 5 nitrogen and oxygen atoms in total. The van der Waals surface area contributed by atoms with Gasteiger partial charge in [0.1, 0.15) is 5.82 Å². The quantitative estimate of drug-likeness (QED) is 0.794. The number of nitrogens with zero attached hydrogens (tertiary/aromatic N) is 2. The second-order valence-corrected chi connectivity index (χ2v) is 5.76. The van der Waals surface area contributed by atoms with Gasteiger partial charge < -0.3 is 10.6 Å². The van der Waals surface area contributed by atoms with E-state index in [4.69, 9.17) is 6.42 Å². The maximum absolute atomic E-state index is 13.7. The Labute approximate surface area is 133 Å². The minimum absolute atomic E-state index is 0.0251. The van der Waals surface area contributed by atoms with Gasteiger partial charge in [0.2, 0.25) is 11.0 Å². The van der Waals surface area contributed by atoms with Gasteiger partial charge in [-0.15, -0.1) is 16.6 Å². The highest BCUT2D eigenvalue weighted by molar-refractivity contribution is 9.10. The molecule has 21 heavy (non-hydrogen) atoms.